The van der Waals surface area contributed by atoms with E-state index in [9.17, 15) is 15.0 Å². The van der Waals surface area contributed by atoms with Crippen LogP contribution in [-0.2, 0) is 16.1 Å². The van der Waals surface area contributed by atoms with Crippen molar-refractivity contribution in [2.45, 2.75) is 116 Å². The smallest absolute Gasteiger partial charge is 0.344 e. The third-order valence-corrected chi connectivity index (χ3v) is 6.69. The predicted octanol–water partition coefficient (Wildman–Crippen LogP) is 7.15. The zero-order chi connectivity index (χ0) is 24.6. The van der Waals surface area contributed by atoms with Crippen molar-refractivity contribution in [1.82, 2.24) is 0 Å². The number of carbonyl (C=O) groups is 1. The Balaban J connectivity index is 1.78. The Morgan fingerprint density at radius 2 is 1.47 bits per heavy atom. The maximum absolute atomic E-state index is 12.4. The Morgan fingerprint density at radius 3 is 2.00 bits per heavy atom. The molecule has 2 rings (SSSR count). The van der Waals surface area contributed by atoms with E-state index >= 15 is 0 Å². The summed E-state index contributed by atoms with van der Waals surface area (Å²) >= 11 is 0. The zero-order valence-corrected chi connectivity index (χ0v) is 21.4. The summed E-state index contributed by atoms with van der Waals surface area (Å²) < 4.78 is 5.12. The van der Waals surface area contributed by atoms with E-state index in [-0.39, 0.29) is 11.3 Å². The Morgan fingerprint density at radius 1 is 0.912 bits per heavy atom. The summed E-state index contributed by atoms with van der Waals surface area (Å²) in [6.45, 7) is 4.33. The highest BCUT2D eigenvalue weighted by atomic mass is 16.6. The molecule has 0 radical (unpaired) electrons. The van der Waals surface area contributed by atoms with Gasteiger partial charge in [-0.2, -0.15) is 0 Å². The van der Waals surface area contributed by atoms with E-state index in [4.69, 9.17) is 9.73 Å². The number of carbonyl (C=O) groups excluding carboxylic acids is 1. The normalized spacial score (nSPS) is 16.4. The number of aliphatic imine (C=N–C) groups is 1. The molecule has 190 valence electrons. The first-order chi connectivity index (χ1) is 16.6. The van der Waals surface area contributed by atoms with Crippen molar-refractivity contribution in [1.29, 1.82) is 0 Å². The number of aliphatic hydroxyl groups is 2. The lowest BCUT2D eigenvalue weighted by Gasteiger charge is -2.09. The molecule has 0 amide bonds. The van der Waals surface area contributed by atoms with Crippen molar-refractivity contribution >= 4 is 11.7 Å². The van der Waals surface area contributed by atoms with Crippen LogP contribution in [-0.4, -0.2) is 34.6 Å². The van der Waals surface area contributed by atoms with Gasteiger partial charge in [0.05, 0.1) is 18.9 Å². The molecule has 2 N–H and O–H groups in total. The summed E-state index contributed by atoms with van der Waals surface area (Å²) in [5.74, 6) is -0.777. The molecule has 0 spiro atoms. The number of benzene rings is 1. The molecule has 34 heavy (non-hydrogen) atoms. The van der Waals surface area contributed by atoms with Crippen LogP contribution in [0.3, 0.4) is 0 Å². The Kier molecular flexibility index (Phi) is 13.6. The van der Waals surface area contributed by atoms with E-state index in [1.807, 2.05) is 31.2 Å². The molecule has 1 aromatic carbocycles. The number of cyclic esters (lactones) is 1. The van der Waals surface area contributed by atoms with E-state index in [1.165, 1.54) is 70.6 Å². The number of hydrogen-bond acceptors (Lipinski definition) is 5. The maximum atomic E-state index is 12.4. The molecule has 1 heterocycles. The molecule has 0 bridgehead atoms. The third kappa shape index (κ3) is 9.61. The fraction of sp³-hybridized carbons (Fsp3) is 0.655. The van der Waals surface area contributed by atoms with Gasteiger partial charge in [-0.3, -0.25) is 4.99 Å². The quantitative estimate of drug-likeness (QED) is 0.135. The molecule has 0 aliphatic carbocycles. The summed E-state index contributed by atoms with van der Waals surface area (Å²) in [6.07, 6.45) is 16.2. The number of hydrogen-bond donors (Lipinski definition) is 2. The standard InChI is InChI=1S/C29H45NO4/c1-3-4-5-6-7-8-9-10-11-12-13-14-15-20-25(27-28(32)26(22-31)34-29(27)33)30-21-24-19-17-16-18-23(24)2/h16-19,26,31-32H,3-15,20-22H2,1-2H3. The van der Waals surface area contributed by atoms with Crippen molar-refractivity contribution in [3.05, 3.63) is 46.7 Å². The average Bonchev–Trinajstić information content (AvgIpc) is 3.13. The number of aliphatic hydroxyl groups excluding tert-OH is 2. The van der Waals surface area contributed by atoms with Gasteiger partial charge in [-0.25, -0.2) is 4.79 Å². The highest BCUT2D eigenvalue weighted by Gasteiger charge is 2.36. The van der Waals surface area contributed by atoms with E-state index < -0.39 is 18.7 Å². The van der Waals surface area contributed by atoms with Crippen molar-refractivity contribution < 1.29 is 19.7 Å². The number of ether oxygens (including phenoxy) is 1. The van der Waals surface area contributed by atoms with E-state index in [0.717, 1.165) is 24.0 Å². The van der Waals surface area contributed by atoms with Gasteiger partial charge in [-0.05, 0) is 30.9 Å². The summed E-state index contributed by atoms with van der Waals surface area (Å²) in [7, 11) is 0. The van der Waals surface area contributed by atoms with Crippen molar-refractivity contribution in [3.8, 4) is 0 Å². The van der Waals surface area contributed by atoms with Gasteiger partial charge in [0.2, 0.25) is 0 Å². The summed E-state index contributed by atoms with van der Waals surface area (Å²) in [6, 6.07) is 8.04. The first-order valence-electron chi connectivity index (χ1n) is 13.4. The van der Waals surface area contributed by atoms with Crippen molar-refractivity contribution in [3.63, 3.8) is 0 Å². The fourth-order valence-corrected chi connectivity index (χ4v) is 4.46. The van der Waals surface area contributed by atoms with Crippen LogP contribution in [0.2, 0.25) is 0 Å². The number of aryl methyl sites for hydroxylation is 1. The number of rotatable bonds is 18. The molecule has 1 aliphatic rings. The van der Waals surface area contributed by atoms with Crippen molar-refractivity contribution in [2.24, 2.45) is 4.99 Å². The largest absolute Gasteiger partial charge is 0.507 e. The number of nitrogens with zero attached hydrogens (tertiary/aromatic N) is 1. The van der Waals surface area contributed by atoms with Crippen molar-refractivity contribution in [2.75, 3.05) is 6.61 Å². The number of esters is 1. The predicted molar refractivity (Wildman–Crippen MR) is 139 cm³/mol. The van der Waals surface area contributed by atoms with Gasteiger partial charge in [-0.1, -0.05) is 108 Å². The fourth-order valence-electron chi connectivity index (χ4n) is 4.46. The molecule has 0 aromatic heterocycles. The zero-order valence-electron chi connectivity index (χ0n) is 21.4. The Bertz CT molecular complexity index is 799. The minimum absolute atomic E-state index is 0.145. The van der Waals surface area contributed by atoms with Gasteiger partial charge in [-0.15, -0.1) is 0 Å². The molecule has 1 aromatic rings. The van der Waals surface area contributed by atoms with Crippen LogP contribution in [0.1, 0.15) is 108 Å². The van der Waals surface area contributed by atoms with Crippen LogP contribution in [0.4, 0.5) is 0 Å². The third-order valence-electron chi connectivity index (χ3n) is 6.69. The minimum atomic E-state index is -0.974. The average molecular weight is 472 g/mol. The van der Waals surface area contributed by atoms with Crippen LogP contribution in [0.25, 0.3) is 0 Å². The SMILES string of the molecule is CCCCCCCCCCCCCCCC(=NCc1ccccc1C)C1=C(O)C(CO)OC1=O. The van der Waals surface area contributed by atoms with Gasteiger partial charge in [0.25, 0.3) is 0 Å². The molecular formula is C29H45NO4. The highest BCUT2D eigenvalue weighted by Crippen LogP contribution is 2.25. The van der Waals surface area contributed by atoms with Gasteiger partial charge >= 0.3 is 5.97 Å². The molecular weight excluding hydrogens is 426 g/mol. The number of unbranched alkanes of at least 4 members (excludes halogenated alkanes) is 12. The lowest BCUT2D eigenvalue weighted by atomic mass is 10.0. The molecule has 0 fully saturated rings. The molecule has 1 aliphatic heterocycles. The Labute approximate surface area is 206 Å². The molecule has 0 saturated heterocycles. The van der Waals surface area contributed by atoms with Gasteiger partial charge < -0.3 is 14.9 Å². The second kappa shape index (κ2) is 16.5. The monoisotopic (exact) mass is 471 g/mol. The lowest BCUT2D eigenvalue weighted by Crippen LogP contribution is -2.15. The van der Waals surface area contributed by atoms with Crippen LogP contribution >= 0.6 is 0 Å². The summed E-state index contributed by atoms with van der Waals surface area (Å²) in [5, 5.41) is 19.8. The lowest BCUT2D eigenvalue weighted by molar-refractivity contribution is -0.141. The van der Waals surface area contributed by atoms with Crippen LogP contribution in [0.15, 0.2) is 40.6 Å². The highest BCUT2D eigenvalue weighted by molar-refractivity contribution is 6.21. The first kappa shape index (κ1) is 28.1. The second-order valence-electron chi connectivity index (χ2n) is 9.52. The molecule has 5 nitrogen and oxygen atoms in total. The first-order valence-corrected chi connectivity index (χ1v) is 13.4. The maximum Gasteiger partial charge on any atom is 0.344 e. The molecule has 1 unspecified atom stereocenters. The van der Waals surface area contributed by atoms with E-state index in [1.54, 1.807) is 0 Å². The van der Waals surface area contributed by atoms with Crippen LogP contribution in [0, 0.1) is 6.92 Å². The van der Waals surface area contributed by atoms with Crippen LogP contribution in [0.5, 0.6) is 0 Å². The van der Waals surface area contributed by atoms with Gasteiger partial charge in [0.15, 0.2) is 11.9 Å². The van der Waals surface area contributed by atoms with Gasteiger partial charge in [0.1, 0.15) is 5.57 Å². The van der Waals surface area contributed by atoms with E-state index in [2.05, 4.69) is 6.92 Å². The molecule has 5 heteroatoms. The van der Waals surface area contributed by atoms with Crippen LogP contribution < -0.4 is 0 Å². The minimum Gasteiger partial charge on any atom is -0.507 e. The van der Waals surface area contributed by atoms with Gasteiger partial charge in [0, 0.05) is 0 Å². The van der Waals surface area contributed by atoms with E-state index in [0.29, 0.717) is 18.7 Å². The second-order valence-corrected chi connectivity index (χ2v) is 9.52. The molecule has 1 atom stereocenters. The topological polar surface area (TPSA) is 79.1 Å². The summed E-state index contributed by atoms with van der Waals surface area (Å²) in [5.41, 5.74) is 2.97. The Hall–Kier alpha value is -2.14. The summed E-state index contributed by atoms with van der Waals surface area (Å²) in [4.78, 5) is 17.1. The molecule has 0 saturated carbocycles.